The molecule has 162 valence electrons. The number of benzene rings is 1. The van der Waals surface area contributed by atoms with Crippen LogP contribution in [0.2, 0.25) is 0 Å². The van der Waals surface area contributed by atoms with Gasteiger partial charge < -0.3 is 19.4 Å². The molecule has 1 N–H and O–H groups in total. The predicted molar refractivity (Wildman–Crippen MR) is 121 cm³/mol. The Bertz CT molecular complexity index is 1210. The summed E-state index contributed by atoms with van der Waals surface area (Å²) < 4.78 is 39.6. The van der Waals surface area contributed by atoms with Crippen molar-refractivity contribution < 1.29 is 23.2 Å². The van der Waals surface area contributed by atoms with Gasteiger partial charge in [-0.3, -0.25) is 9.36 Å². The van der Waals surface area contributed by atoms with Crippen LogP contribution >= 0.6 is 29.7 Å². The molecule has 2 atom stereocenters. The Morgan fingerprint density at radius 2 is 2.03 bits per heavy atom. The van der Waals surface area contributed by atoms with E-state index in [1.807, 2.05) is 6.07 Å². The van der Waals surface area contributed by atoms with Crippen LogP contribution in [0.25, 0.3) is 11.2 Å². The Morgan fingerprint density at radius 1 is 1.29 bits per heavy atom. The number of imidazole rings is 1. The Hall–Kier alpha value is -2.21. The molecule has 9 nitrogen and oxygen atoms in total. The second-order valence-corrected chi connectivity index (χ2v) is 11.8. The summed E-state index contributed by atoms with van der Waals surface area (Å²) in [5, 5.41) is 2.70. The van der Waals surface area contributed by atoms with Crippen LogP contribution in [0.3, 0.4) is 0 Å². The Balaban J connectivity index is 1.60. The highest BCUT2D eigenvalue weighted by molar-refractivity contribution is 14.1. The van der Waals surface area contributed by atoms with Crippen molar-refractivity contribution in [2.24, 2.45) is 0 Å². The van der Waals surface area contributed by atoms with Gasteiger partial charge in [0.15, 0.2) is 35.3 Å². The van der Waals surface area contributed by atoms with Gasteiger partial charge in [-0.2, -0.15) is 0 Å². The summed E-state index contributed by atoms with van der Waals surface area (Å²) >= 11 is 1.81. The Kier molecular flexibility index (Phi) is 6.20. The van der Waals surface area contributed by atoms with Gasteiger partial charge in [0.05, 0.1) is 9.91 Å². The lowest BCUT2D eigenvalue weighted by molar-refractivity contribution is -0.128. The molecule has 1 aromatic carbocycles. The predicted octanol–water partition coefficient (Wildman–Crippen LogP) is 4.15. The third kappa shape index (κ3) is 4.69. The van der Waals surface area contributed by atoms with Crippen molar-refractivity contribution in [1.29, 1.82) is 0 Å². The van der Waals surface area contributed by atoms with Gasteiger partial charge in [-0.15, -0.1) is 0 Å². The number of amides is 1. The lowest BCUT2D eigenvalue weighted by Crippen LogP contribution is -2.17. The zero-order chi connectivity index (χ0) is 22.2. The first-order valence-corrected chi connectivity index (χ1v) is 13.0. The van der Waals surface area contributed by atoms with Gasteiger partial charge in [0, 0.05) is 5.56 Å². The average molecular weight is 557 g/mol. The molecule has 3 aromatic rings. The number of hydrogen-bond acceptors (Lipinski definition) is 7. The van der Waals surface area contributed by atoms with Crippen molar-refractivity contribution >= 4 is 52.6 Å². The minimum absolute atomic E-state index is 0.0350. The molecule has 1 unspecified atom stereocenters. The number of halogens is 2. The summed E-state index contributed by atoms with van der Waals surface area (Å²) in [6, 6.07) is 8.66. The fourth-order valence-electron chi connectivity index (χ4n) is 2.90. The van der Waals surface area contributed by atoms with Crippen LogP contribution in [-0.2, 0) is 14.0 Å². The van der Waals surface area contributed by atoms with E-state index in [-0.39, 0.29) is 32.8 Å². The monoisotopic (exact) mass is 557 g/mol. The van der Waals surface area contributed by atoms with E-state index < -0.39 is 25.5 Å². The molecule has 4 rings (SSSR count). The maximum Gasteiger partial charge on any atom is 0.256 e. The minimum atomic E-state index is -2.46. The molecular formula is C19H18FIN5O4P. The van der Waals surface area contributed by atoms with Crippen molar-refractivity contribution in [2.75, 3.05) is 25.0 Å². The molecule has 2 aromatic heterocycles. The molecule has 3 heterocycles. The van der Waals surface area contributed by atoms with Crippen LogP contribution in [0.1, 0.15) is 16.6 Å². The number of hydrogen-bond donors (Lipinski definition) is 1. The van der Waals surface area contributed by atoms with E-state index >= 15 is 0 Å². The van der Waals surface area contributed by atoms with Crippen molar-refractivity contribution in [2.45, 2.75) is 12.5 Å². The number of ether oxygens (including phenoxy) is 2. The van der Waals surface area contributed by atoms with E-state index in [2.05, 4.69) is 20.3 Å². The molecule has 12 heteroatoms. The summed E-state index contributed by atoms with van der Waals surface area (Å²) in [6.07, 6.45) is 0.449. The Labute approximate surface area is 190 Å². The highest BCUT2D eigenvalue weighted by Gasteiger charge is 2.37. The highest BCUT2D eigenvalue weighted by atomic mass is 127. The average Bonchev–Trinajstić information content (AvgIpc) is 3.29. The standard InChI is InChI=1S/C19H18FIN5O4P/c1-31(2,28)10-29-19-13(21)12(20)18(30-19)26-9-24-14-15(22-8-23-16(14)26)25-17(27)11-6-4-3-5-7-11/h3-9,18-19H,10H2,1-2H3,(H,22,23,25,27)/t18-,19?/m1/s1. The summed E-state index contributed by atoms with van der Waals surface area (Å²) in [5.41, 5.74) is 1.02. The molecule has 0 radical (unpaired) electrons. The van der Waals surface area contributed by atoms with Crippen molar-refractivity contribution in [3.63, 3.8) is 0 Å². The van der Waals surface area contributed by atoms with Crippen LogP contribution in [-0.4, -0.2) is 51.4 Å². The van der Waals surface area contributed by atoms with Gasteiger partial charge >= 0.3 is 0 Å². The van der Waals surface area contributed by atoms with E-state index in [0.717, 1.165) is 0 Å². The molecule has 0 saturated heterocycles. The smallest absolute Gasteiger partial charge is 0.256 e. The van der Waals surface area contributed by atoms with E-state index in [1.54, 1.807) is 60.2 Å². The fourth-order valence-corrected chi connectivity index (χ4v) is 3.99. The second kappa shape index (κ2) is 8.73. The highest BCUT2D eigenvalue weighted by Crippen LogP contribution is 2.43. The first-order valence-electron chi connectivity index (χ1n) is 9.14. The number of carbonyl (C=O) groups is 1. The molecule has 1 amide bonds. The number of nitrogens with zero attached hydrogens (tertiary/aromatic N) is 4. The second-order valence-electron chi connectivity index (χ2n) is 7.25. The molecule has 31 heavy (non-hydrogen) atoms. The quantitative estimate of drug-likeness (QED) is 0.359. The maximum atomic E-state index is 14.9. The number of carbonyl (C=O) groups excluding carboxylic acids is 1. The van der Waals surface area contributed by atoms with Gasteiger partial charge in [-0.1, -0.05) is 18.2 Å². The fraction of sp³-hybridized carbons (Fsp3) is 0.263. The van der Waals surface area contributed by atoms with Crippen molar-refractivity contribution in [3.05, 3.63) is 58.0 Å². The normalized spacial score (nSPS) is 19.2. The number of fused-ring (bicyclic) bond motifs is 1. The van der Waals surface area contributed by atoms with E-state index in [4.69, 9.17) is 9.47 Å². The molecule has 1 aliphatic heterocycles. The third-order valence-electron chi connectivity index (χ3n) is 4.32. The topological polar surface area (TPSA) is 108 Å². The van der Waals surface area contributed by atoms with Gasteiger partial charge in [-0.25, -0.2) is 19.3 Å². The van der Waals surface area contributed by atoms with E-state index in [9.17, 15) is 13.8 Å². The van der Waals surface area contributed by atoms with Gasteiger partial charge in [0.2, 0.25) is 0 Å². The van der Waals surface area contributed by atoms with Gasteiger partial charge in [0.1, 0.15) is 19.8 Å². The lowest BCUT2D eigenvalue weighted by atomic mass is 10.2. The maximum absolute atomic E-state index is 14.9. The molecule has 1 aliphatic rings. The summed E-state index contributed by atoms with van der Waals surface area (Å²) in [4.78, 5) is 25.0. The molecule has 0 aliphatic carbocycles. The number of rotatable bonds is 6. The van der Waals surface area contributed by atoms with Crippen LogP contribution < -0.4 is 5.32 Å². The van der Waals surface area contributed by atoms with Gasteiger partial charge in [-0.05, 0) is 48.1 Å². The largest absolute Gasteiger partial charge is 0.340 e. The van der Waals surface area contributed by atoms with Crippen molar-refractivity contribution in [1.82, 2.24) is 19.5 Å². The number of aromatic nitrogens is 4. The van der Waals surface area contributed by atoms with E-state index in [1.165, 1.54) is 17.2 Å². The zero-order valence-corrected chi connectivity index (χ0v) is 19.6. The molecular weight excluding hydrogens is 539 g/mol. The van der Waals surface area contributed by atoms with E-state index in [0.29, 0.717) is 5.56 Å². The molecule has 0 fully saturated rings. The van der Waals surface area contributed by atoms with Crippen LogP contribution in [0, 0.1) is 0 Å². The zero-order valence-electron chi connectivity index (χ0n) is 16.5. The van der Waals surface area contributed by atoms with Crippen LogP contribution in [0.4, 0.5) is 10.2 Å². The first-order chi connectivity index (χ1) is 14.7. The number of nitrogens with one attached hydrogen (secondary N) is 1. The Morgan fingerprint density at radius 3 is 2.74 bits per heavy atom. The molecule has 0 spiro atoms. The minimum Gasteiger partial charge on any atom is -0.340 e. The summed E-state index contributed by atoms with van der Waals surface area (Å²) in [6.45, 7) is 3.16. The molecule has 0 saturated carbocycles. The van der Waals surface area contributed by atoms with Gasteiger partial charge in [0.25, 0.3) is 5.91 Å². The lowest BCUT2D eigenvalue weighted by Gasteiger charge is -2.17. The van der Waals surface area contributed by atoms with Crippen LogP contribution in [0.15, 0.2) is 52.4 Å². The van der Waals surface area contributed by atoms with Crippen LogP contribution in [0.5, 0.6) is 0 Å². The SMILES string of the molecule is CP(C)(=O)COC1O[C@@H](n2cnc3c(NC(=O)c4ccccc4)ncnc32)C(F)=C1I. The van der Waals surface area contributed by atoms with Crippen molar-refractivity contribution in [3.8, 4) is 0 Å². The number of anilines is 1. The summed E-state index contributed by atoms with van der Waals surface area (Å²) in [5.74, 6) is -0.717. The molecule has 0 bridgehead atoms. The first kappa shape index (κ1) is 22.0. The summed E-state index contributed by atoms with van der Waals surface area (Å²) in [7, 11) is -2.46. The third-order valence-corrected chi connectivity index (χ3v) is 6.12.